The van der Waals surface area contributed by atoms with Gasteiger partial charge in [0.25, 0.3) is 0 Å². The van der Waals surface area contributed by atoms with E-state index in [-0.39, 0.29) is 19.3 Å². The third-order valence-electron chi connectivity index (χ3n) is 9.92. The summed E-state index contributed by atoms with van der Waals surface area (Å²) >= 11 is 0. The van der Waals surface area contributed by atoms with Crippen molar-refractivity contribution < 1.29 is 48.9 Å². The van der Waals surface area contributed by atoms with Crippen molar-refractivity contribution >= 4 is 41.3 Å². The Balaban J connectivity index is 5.61. The third-order valence-corrected chi connectivity index (χ3v) is 9.92. The number of aliphatic carboxylic acids is 3. The van der Waals surface area contributed by atoms with E-state index in [1.54, 1.807) is 0 Å². The minimum atomic E-state index is -1.69. The lowest BCUT2D eigenvalue weighted by molar-refractivity contribution is -0.149. The molecule has 0 spiro atoms. The van der Waals surface area contributed by atoms with Gasteiger partial charge < -0.3 is 37.4 Å². The van der Waals surface area contributed by atoms with E-state index in [0.717, 1.165) is 70.6 Å². The third kappa shape index (κ3) is 24.1. The van der Waals surface area contributed by atoms with E-state index < -0.39 is 84.1 Å². The van der Waals surface area contributed by atoms with Gasteiger partial charge in [-0.3, -0.25) is 28.8 Å². The summed E-state index contributed by atoms with van der Waals surface area (Å²) in [6, 6.07) is -4.64. The topological polar surface area (TPSA) is 256 Å². The van der Waals surface area contributed by atoms with Crippen molar-refractivity contribution in [2.75, 3.05) is 6.54 Å². The minimum Gasteiger partial charge on any atom is -0.481 e. The summed E-state index contributed by atoms with van der Waals surface area (Å²) in [6.07, 6.45) is 17.6. The van der Waals surface area contributed by atoms with Crippen molar-refractivity contribution in [3.8, 4) is 0 Å². The zero-order chi connectivity index (χ0) is 40.7. The number of hydrogen-bond donors (Lipinski definition) is 7. The number of carboxylic acid groups (broad SMARTS) is 3. The molecule has 0 aliphatic rings. The number of ketones is 2. The summed E-state index contributed by atoms with van der Waals surface area (Å²) < 4.78 is 0. The summed E-state index contributed by atoms with van der Waals surface area (Å²) in [5, 5.41) is 34.1. The first-order valence-electron chi connectivity index (χ1n) is 20.6. The van der Waals surface area contributed by atoms with Crippen LogP contribution < -0.4 is 22.1 Å². The Morgan fingerprint density at radius 2 is 0.870 bits per heavy atom. The number of Topliss-reactive ketones (excluding diaryl/α,β-unsaturated/α-hetero) is 2. The van der Waals surface area contributed by atoms with Crippen LogP contribution >= 0.6 is 0 Å². The molecule has 0 rings (SSSR count). The summed E-state index contributed by atoms with van der Waals surface area (Å²) in [5.74, 6) is -10.8. The highest BCUT2D eigenvalue weighted by Crippen LogP contribution is 2.19. The van der Waals surface area contributed by atoms with E-state index in [2.05, 4.69) is 24.5 Å². The van der Waals surface area contributed by atoms with E-state index in [4.69, 9.17) is 11.5 Å². The molecule has 0 heterocycles. The molecule has 14 nitrogen and oxygen atoms in total. The zero-order valence-corrected chi connectivity index (χ0v) is 33.1. The largest absolute Gasteiger partial charge is 0.481 e. The fourth-order valence-corrected chi connectivity index (χ4v) is 6.44. The SMILES string of the molecule is CCCCCCCCCCCC(=O)C(C[C@H](NC(=O)[C@@H](N)CC(C(=O)O)C(=O)CCCCCCCCCCC)C(=O)N[C@@H](CCCCN)C(=O)O)C(=O)O. The normalized spacial score (nSPS) is 14.0. The van der Waals surface area contributed by atoms with Crippen LogP contribution in [-0.4, -0.2) is 81.3 Å². The molecule has 2 amide bonds. The summed E-state index contributed by atoms with van der Waals surface area (Å²) in [6.45, 7) is 4.61. The molecule has 0 aliphatic heterocycles. The fraction of sp³-hybridized carbons (Fsp3) is 0.825. The van der Waals surface area contributed by atoms with Crippen LogP contribution in [-0.2, 0) is 33.6 Å². The van der Waals surface area contributed by atoms with Crippen LogP contribution in [0.25, 0.3) is 0 Å². The maximum Gasteiger partial charge on any atom is 0.326 e. The lowest BCUT2D eigenvalue weighted by Gasteiger charge is -2.25. The second-order valence-electron chi connectivity index (χ2n) is 14.7. The molecule has 0 saturated carbocycles. The molecule has 0 aliphatic carbocycles. The number of nitrogens with one attached hydrogen (secondary N) is 2. The highest BCUT2D eigenvalue weighted by atomic mass is 16.4. The minimum absolute atomic E-state index is 0.00820. The Labute approximate surface area is 322 Å². The Bertz CT molecular complexity index is 1120. The van der Waals surface area contributed by atoms with Crippen LogP contribution in [0.2, 0.25) is 0 Å². The molecule has 0 aromatic rings. The average molecular weight is 769 g/mol. The van der Waals surface area contributed by atoms with Crippen LogP contribution in [0.3, 0.4) is 0 Å². The monoisotopic (exact) mass is 769 g/mol. The van der Waals surface area contributed by atoms with Crippen LogP contribution in [0, 0.1) is 11.8 Å². The molecule has 5 atom stereocenters. The number of amides is 2. The number of hydrogen-bond acceptors (Lipinski definition) is 9. The van der Waals surface area contributed by atoms with Gasteiger partial charge in [-0.2, -0.15) is 0 Å². The number of unbranched alkanes of at least 4 members (excludes halogenated alkanes) is 17. The zero-order valence-electron chi connectivity index (χ0n) is 33.1. The molecule has 312 valence electrons. The van der Waals surface area contributed by atoms with E-state index in [0.29, 0.717) is 32.2 Å². The van der Waals surface area contributed by atoms with Crippen molar-refractivity contribution in [2.24, 2.45) is 23.3 Å². The Morgan fingerprint density at radius 3 is 1.26 bits per heavy atom. The predicted octanol–water partition coefficient (Wildman–Crippen LogP) is 5.66. The van der Waals surface area contributed by atoms with E-state index in [1.807, 2.05) is 0 Å². The van der Waals surface area contributed by atoms with Gasteiger partial charge in [0.2, 0.25) is 11.8 Å². The van der Waals surface area contributed by atoms with Gasteiger partial charge in [-0.15, -0.1) is 0 Å². The number of nitrogens with two attached hydrogens (primary N) is 2. The fourth-order valence-electron chi connectivity index (χ4n) is 6.44. The van der Waals surface area contributed by atoms with Gasteiger partial charge in [0.1, 0.15) is 35.5 Å². The van der Waals surface area contributed by atoms with Crippen LogP contribution in [0.1, 0.15) is 174 Å². The van der Waals surface area contributed by atoms with Gasteiger partial charge in [-0.05, 0) is 51.5 Å². The molecule has 54 heavy (non-hydrogen) atoms. The van der Waals surface area contributed by atoms with Gasteiger partial charge in [-0.25, -0.2) is 4.79 Å². The molecular formula is C40H72N4O10. The number of carbonyl (C=O) groups is 7. The lowest BCUT2D eigenvalue weighted by Crippen LogP contribution is -2.56. The quantitative estimate of drug-likeness (QED) is 0.0299. The average Bonchev–Trinajstić information content (AvgIpc) is 3.12. The smallest absolute Gasteiger partial charge is 0.326 e. The number of rotatable bonds is 37. The first kappa shape index (κ1) is 50.6. The van der Waals surface area contributed by atoms with Crippen molar-refractivity contribution in [1.82, 2.24) is 10.6 Å². The molecule has 0 fully saturated rings. The van der Waals surface area contributed by atoms with Crippen molar-refractivity contribution in [3.63, 3.8) is 0 Å². The van der Waals surface area contributed by atoms with Crippen molar-refractivity contribution in [2.45, 2.75) is 192 Å². The highest BCUT2D eigenvalue weighted by molar-refractivity contribution is 6.00. The molecule has 2 unspecified atom stereocenters. The van der Waals surface area contributed by atoms with E-state index in [1.165, 1.54) is 32.1 Å². The lowest BCUT2D eigenvalue weighted by atomic mass is 9.90. The van der Waals surface area contributed by atoms with Gasteiger partial charge in [0, 0.05) is 12.8 Å². The van der Waals surface area contributed by atoms with Gasteiger partial charge >= 0.3 is 17.9 Å². The predicted molar refractivity (Wildman–Crippen MR) is 208 cm³/mol. The summed E-state index contributed by atoms with van der Waals surface area (Å²) in [5.41, 5.74) is 11.6. The van der Waals surface area contributed by atoms with Crippen molar-refractivity contribution in [3.05, 3.63) is 0 Å². The first-order chi connectivity index (χ1) is 25.8. The standard InChI is InChI=1S/C40H72N4O10/c1-3-5-7-9-11-13-15-17-19-24-34(45)29(38(49)50)27-31(42)36(47)44-33(37(48)43-32(40(53)54)23-21-22-26-41)28-30(39(51)52)35(46)25-20-18-16-14-12-10-8-6-4-2/h29-33H,3-28,41-42H2,1-2H3,(H,43,48)(H,44,47)(H,49,50)(H,51,52)(H,53,54)/t29?,30?,31-,32-,33-/m0/s1. The van der Waals surface area contributed by atoms with Gasteiger partial charge in [0.05, 0.1) is 6.04 Å². The van der Waals surface area contributed by atoms with Gasteiger partial charge in [0.15, 0.2) is 0 Å². The number of carbonyl (C=O) groups excluding carboxylic acids is 4. The Kier molecular flexibility index (Phi) is 29.9. The summed E-state index contributed by atoms with van der Waals surface area (Å²) in [4.78, 5) is 88.9. The highest BCUT2D eigenvalue weighted by Gasteiger charge is 2.36. The molecule has 0 aromatic heterocycles. The van der Waals surface area contributed by atoms with Crippen molar-refractivity contribution in [1.29, 1.82) is 0 Å². The van der Waals surface area contributed by atoms with Crippen LogP contribution in [0.5, 0.6) is 0 Å². The number of carboxylic acids is 3. The molecular weight excluding hydrogens is 696 g/mol. The van der Waals surface area contributed by atoms with Gasteiger partial charge in [-0.1, -0.05) is 117 Å². The molecule has 0 saturated heterocycles. The van der Waals surface area contributed by atoms with E-state index in [9.17, 15) is 48.9 Å². The molecule has 0 aromatic carbocycles. The van der Waals surface area contributed by atoms with Crippen LogP contribution in [0.15, 0.2) is 0 Å². The maximum absolute atomic E-state index is 13.4. The first-order valence-corrected chi connectivity index (χ1v) is 20.6. The molecule has 0 radical (unpaired) electrons. The maximum atomic E-state index is 13.4. The molecule has 9 N–H and O–H groups in total. The second-order valence-corrected chi connectivity index (χ2v) is 14.7. The van der Waals surface area contributed by atoms with E-state index >= 15 is 0 Å². The Hall–Kier alpha value is -3.39. The Morgan fingerprint density at radius 1 is 0.481 bits per heavy atom. The van der Waals surface area contributed by atoms with Crippen LogP contribution in [0.4, 0.5) is 0 Å². The molecule has 14 heteroatoms. The summed E-state index contributed by atoms with van der Waals surface area (Å²) in [7, 11) is 0. The molecule has 0 bridgehead atoms. The second kappa shape index (κ2) is 31.9.